The first kappa shape index (κ1) is 14.5. The van der Waals surface area contributed by atoms with Crippen LogP contribution in [0.25, 0.3) is 0 Å². The van der Waals surface area contributed by atoms with E-state index in [4.69, 9.17) is 5.73 Å². The number of nitrogens with two attached hydrogens (primary N) is 1. The van der Waals surface area contributed by atoms with Crippen molar-refractivity contribution in [1.29, 1.82) is 0 Å². The summed E-state index contributed by atoms with van der Waals surface area (Å²) < 4.78 is 0. The third-order valence-corrected chi connectivity index (χ3v) is 3.98. The van der Waals surface area contributed by atoms with Gasteiger partial charge in [0.05, 0.1) is 12.1 Å². The number of carbonyl (C=O) groups excluding carboxylic acids is 1. The van der Waals surface area contributed by atoms with Gasteiger partial charge in [-0.05, 0) is 17.5 Å². The zero-order chi connectivity index (χ0) is 15.4. The monoisotopic (exact) mass is 292 g/mol. The zero-order valence-electron chi connectivity index (χ0n) is 12.4. The molecule has 0 aliphatic carbocycles. The maximum Gasteiger partial charge on any atom is 0.240 e. The van der Waals surface area contributed by atoms with Gasteiger partial charge in [-0.3, -0.25) is 4.79 Å². The van der Waals surface area contributed by atoms with E-state index in [1.807, 2.05) is 59.5 Å². The summed E-state index contributed by atoms with van der Waals surface area (Å²) in [5, 5.41) is 0. The van der Waals surface area contributed by atoms with E-state index in [1.165, 1.54) is 0 Å². The molecular formula is C19H20N2O. The van der Waals surface area contributed by atoms with Gasteiger partial charge in [-0.15, -0.1) is 0 Å². The molecule has 22 heavy (non-hydrogen) atoms. The quantitative estimate of drug-likeness (QED) is 0.884. The topological polar surface area (TPSA) is 46.3 Å². The van der Waals surface area contributed by atoms with Gasteiger partial charge in [-0.1, -0.05) is 72.8 Å². The average Bonchev–Trinajstić information content (AvgIpc) is 2.70. The van der Waals surface area contributed by atoms with Gasteiger partial charge in [0.15, 0.2) is 0 Å². The number of hydrogen-bond donors (Lipinski definition) is 1. The minimum atomic E-state index is -0.464. The van der Waals surface area contributed by atoms with Crippen LogP contribution >= 0.6 is 0 Å². The van der Waals surface area contributed by atoms with Crippen LogP contribution in [0.3, 0.4) is 0 Å². The first-order valence-electron chi connectivity index (χ1n) is 7.57. The number of carbonyl (C=O) groups is 1. The lowest BCUT2D eigenvalue weighted by Crippen LogP contribution is -2.43. The highest BCUT2D eigenvalue weighted by molar-refractivity contribution is 5.83. The molecule has 0 aromatic heterocycles. The molecule has 2 aromatic carbocycles. The highest BCUT2D eigenvalue weighted by Crippen LogP contribution is 2.27. The molecule has 1 heterocycles. The summed E-state index contributed by atoms with van der Waals surface area (Å²) in [5.41, 5.74) is 8.24. The molecule has 1 aliphatic rings. The van der Waals surface area contributed by atoms with Gasteiger partial charge in [-0.25, -0.2) is 0 Å². The molecule has 0 saturated heterocycles. The van der Waals surface area contributed by atoms with E-state index < -0.39 is 6.04 Å². The van der Waals surface area contributed by atoms with Crippen LogP contribution in [0.5, 0.6) is 0 Å². The van der Waals surface area contributed by atoms with Crippen molar-refractivity contribution in [3.63, 3.8) is 0 Å². The summed E-state index contributed by atoms with van der Waals surface area (Å²) in [7, 11) is 0. The van der Waals surface area contributed by atoms with E-state index in [0.717, 1.165) is 11.1 Å². The molecule has 0 radical (unpaired) electrons. The fourth-order valence-corrected chi connectivity index (χ4v) is 2.81. The zero-order valence-corrected chi connectivity index (χ0v) is 12.4. The fourth-order valence-electron chi connectivity index (χ4n) is 2.81. The maximum atomic E-state index is 12.7. The normalized spacial score (nSPS) is 21.7. The van der Waals surface area contributed by atoms with E-state index in [-0.39, 0.29) is 11.9 Å². The summed E-state index contributed by atoms with van der Waals surface area (Å²) >= 11 is 0. The molecule has 1 unspecified atom stereocenters. The minimum absolute atomic E-state index is 0.00251. The summed E-state index contributed by atoms with van der Waals surface area (Å²) in [6, 6.07) is 19.6. The smallest absolute Gasteiger partial charge is 0.240 e. The molecule has 0 fully saturated rings. The predicted octanol–water partition coefficient (Wildman–Crippen LogP) is 3.04. The number of rotatable bonds is 3. The molecule has 2 aromatic rings. The number of hydrogen-bond acceptors (Lipinski definition) is 2. The van der Waals surface area contributed by atoms with Crippen molar-refractivity contribution in [2.45, 2.75) is 25.0 Å². The largest absolute Gasteiger partial charge is 0.326 e. The number of amides is 1. The van der Waals surface area contributed by atoms with E-state index in [2.05, 4.69) is 18.2 Å². The summed E-state index contributed by atoms with van der Waals surface area (Å²) in [4.78, 5) is 14.6. The molecule has 1 amide bonds. The molecule has 0 bridgehead atoms. The molecule has 2 atom stereocenters. The van der Waals surface area contributed by atoms with Gasteiger partial charge < -0.3 is 10.6 Å². The SMILES string of the molecule is NC1CC=C[C@@H](c2ccccc2)N(Cc2ccccc2)C1=O. The molecule has 2 N–H and O–H groups in total. The van der Waals surface area contributed by atoms with E-state index in [9.17, 15) is 4.79 Å². The van der Waals surface area contributed by atoms with Gasteiger partial charge in [0.1, 0.15) is 0 Å². The maximum absolute atomic E-state index is 12.7. The predicted molar refractivity (Wildman–Crippen MR) is 87.9 cm³/mol. The second kappa shape index (κ2) is 6.58. The highest BCUT2D eigenvalue weighted by Gasteiger charge is 2.29. The van der Waals surface area contributed by atoms with Gasteiger partial charge in [0, 0.05) is 6.54 Å². The lowest BCUT2D eigenvalue weighted by atomic mass is 10.0. The standard InChI is InChI=1S/C19H20N2O/c20-17-12-7-13-18(16-10-5-2-6-11-16)21(19(17)22)14-15-8-3-1-4-9-15/h1-11,13,17-18H,12,14,20H2/t17?,18-/m0/s1. The van der Waals surface area contributed by atoms with Crippen LogP contribution in [-0.4, -0.2) is 16.8 Å². The molecule has 3 nitrogen and oxygen atoms in total. The number of nitrogens with zero attached hydrogens (tertiary/aromatic N) is 1. The van der Waals surface area contributed by atoms with Crippen molar-refractivity contribution < 1.29 is 4.79 Å². The van der Waals surface area contributed by atoms with Crippen LogP contribution in [0.2, 0.25) is 0 Å². The molecule has 1 aliphatic heterocycles. The van der Waals surface area contributed by atoms with Crippen molar-refractivity contribution in [2.75, 3.05) is 0 Å². The van der Waals surface area contributed by atoms with Gasteiger partial charge in [0.25, 0.3) is 0 Å². The third kappa shape index (κ3) is 3.10. The third-order valence-electron chi connectivity index (χ3n) is 3.98. The molecule has 112 valence electrons. The Kier molecular flexibility index (Phi) is 4.35. The minimum Gasteiger partial charge on any atom is -0.326 e. The Hall–Kier alpha value is -2.39. The van der Waals surface area contributed by atoms with Gasteiger partial charge in [0.2, 0.25) is 5.91 Å². The number of benzene rings is 2. The summed E-state index contributed by atoms with van der Waals surface area (Å²) in [6.07, 6.45) is 4.70. The van der Waals surface area contributed by atoms with Crippen LogP contribution in [0.1, 0.15) is 23.6 Å². The molecule has 3 heteroatoms. The van der Waals surface area contributed by atoms with E-state index in [0.29, 0.717) is 13.0 Å². The Morgan fingerprint density at radius 2 is 1.64 bits per heavy atom. The first-order chi connectivity index (χ1) is 10.8. The molecule has 3 rings (SSSR count). The van der Waals surface area contributed by atoms with Gasteiger partial charge in [-0.2, -0.15) is 0 Å². The molecular weight excluding hydrogens is 272 g/mol. The highest BCUT2D eigenvalue weighted by atomic mass is 16.2. The fraction of sp³-hybridized carbons (Fsp3) is 0.211. The Morgan fingerprint density at radius 3 is 2.32 bits per heavy atom. The van der Waals surface area contributed by atoms with Crippen LogP contribution in [0.4, 0.5) is 0 Å². The van der Waals surface area contributed by atoms with Crippen molar-refractivity contribution in [1.82, 2.24) is 4.90 Å². The second-order valence-corrected chi connectivity index (χ2v) is 5.58. The molecule has 0 spiro atoms. The Morgan fingerprint density at radius 1 is 1.00 bits per heavy atom. The Balaban J connectivity index is 1.95. The lowest BCUT2D eigenvalue weighted by Gasteiger charge is -2.30. The van der Waals surface area contributed by atoms with Crippen LogP contribution in [0, 0.1) is 0 Å². The van der Waals surface area contributed by atoms with Gasteiger partial charge >= 0.3 is 0 Å². The van der Waals surface area contributed by atoms with Crippen molar-refractivity contribution in [3.05, 3.63) is 83.9 Å². The summed E-state index contributed by atoms with van der Waals surface area (Å²) in [6.45, 7) is 0.567. The summed E-state index contributed by atoms with van der Waals surface area (Å²) in [5.74, 6) is 0.00251. The van der Waals surface area contributed by atoms with Crippen molar-refractivity contribution >= 4 is 5.91 Å². The van der Waals surface area contributed by atoms with Crippen LogP contribution in [-0.2, 0) is 11.3 Å². The van der Waals surface area contributed by atoms with E-state index in [1.54, 1.807) is 0 Å². The van der Waals surface area contributed by atoms with Crippen molar-refractivity contribution in [3.8, 4) is 0 Å². The van der Waals surface area contributed by atoms with Crippen molar-refractivity contribution in [2.24, 2.45) is 5.73 Å². The van der Waals surface area contributed by atoms with Crippen LogP contribution < -0.4 is 5.73 Å². The van der Waals surface area contributed by atoms with E-state index >= 15 is 0 Å². The first-order valence-corrected chi connectivity index (χ1v) is 7.57. The van der Waals surface area contributed by atoms with Crippen LogP contribution in [0.15, 0.2) is 72.8 Å². The Bertz CT molecular complexity index is 652. The second-order valence-electron chi connectivity index (χ2n) is 5.58. The molecule has 0 saturated carbocycles. The Labute approximate surface area is 131 Å². The average molecular weight is 292 g/mol. The lowest BCUT2D eigenvalue weighted by molar-refractivity contribution is -0.134.